The van der Waals surface area contributed by atoms with Crippen molar-refractivity contribution in [1.82, 2.24) is 14.9 Å². The third kappa shape index (κ3) is 4.77. The summed E-state index contributed by atoms with van der Waals surface area (Å²) in [6.07, 6.45) is 5.69. The number of anilines is 1. The van der Waals surface area contributed by atoms with Gasteiger partial charge in [0.1, 0.15) is 12.1 Å². The van der Waals surface area contributed by atoms with E-state index in [0.717, 1.165) is 18.9 Å². The van der Waals surface area contributed by atoms with E-state index < -0.39 is 0 Å². The van der Waals surface area contributed by atoms with E-state index in [1.165, 1.54) is 12.8 Å². The number of aromatic nitrogens is 2. The summed E-state index contributed by atoms with van der Waals surface area (Å²) in [5, 5.41) is 3.25. The van der Waals surface area contributed by atoms with E-state index in [1.807, 2.05) is 6.07 Å². The number of hydrogen-bond donors (Lipinski definition) is 1. The Morgan fingerprint density at radius 1 is 1.36 bits per heavy atom. The maximum absolute atomic E-state index is 4.08. The summed E-state index contributed by atoms with van der Waals surface area (Å²) < 4.78 is 0. The van der Waals surface area contributed by atoms with Crippen molar-refractivity contribution >= 4 is 5.82 Å². The normalized spacial score (nSPS) is 10.5. The lowest BCUT2D eigenvalue weighted by Gasteiger charge is -2.09. The van der Waals surface area contributed by atoms with Crippen LogP contribution in [0.3, 0.4) is 0 Å². The van der Waals surface area contributed by atoms with Gasteiger partial charge in [-0.2, -0.15) is 0 Å². The van der Waals surface area contributed by atoms with Gasteiger partial charge in [0.05, 0.1) is 0 Å². The average molecular weight is 194 g/mol. The van der Waals surface area contributed by atoms with E-state index in [1.54, 1.807) is 12.5 Å². The number of rotatable bonds is 6. The van der Waals surface area contributed by atoms with Crippen LogP contribution in [0, 0.1) is 0 Å². The average Bonchev–Trinajstić information content (AvgIpc) is 2.18. The van der Waals surface area contributed by atoms with Gasteiger partial charge in [0.25, 0.3) is 0 Å². The van der Waals surface area contributed by atoms with Crippen LogP contribution in [0.2, 0.25) is 0 Å². The lowest BCUT2D eigenvalue weighted by atomic mass is 10.3. The van der Waals surface area contributed by atoms with Crippen LogP contribution in [0.1, 0.15) is 12.8 Å². The minimum absolute atomic E-state index is 0.907. The molecule has 0 amide bonds. The minimum atomic E-state index is 0.907. The van der Waals surface area contributed by atoms with Crippen LogP contribution >= 0.6 is 0 Å². The molecule has 1 aromatic heterocycles. The standard InChI is InChI=1S/C10H18N4/c1-14(2)8-4-3-6-12-10-5-7-11-9-13-10/h5,7,9H,3-4,6,8H2,1-2H3,(H,11,12,13). The molecule has 0 saturated heterocycles. The monoisotopic (exact) mass is 194 g/mol. The maximum atomic E-state index is 4.08. The first-order valence-electron chi connectivity index (χ1n) is 4.93. The topological polar surface area (TPSA) is 41.0 Å². The van der Waals surface area contributed by atoms with Gasteiger partial charge in [0.15, 0.2) is 0 Å². The highest BCUT2D eigenvalue weighted by Gasteiger charge is 1.92. The molecule has 0 saturated carbocycles. The fourth-order valence-electron chi connectivity index (χ4n) is 1.16. The maximum Gasteiger partial charge on any atom is 0.129 e. The van der Waals surface area contributed by atoms with Crippen LogP contribution in [0.5, 0.6) is 0 Å². The van der Waals surface area contributed by atoms with Crippen LogP contribution < -0.4 is 5.32 Å². The lowest BCUT2D eigenvalue weighted by molar-refractivity contribution is 0.396. The number of unbranched alkanes of at least 4 members (excludes halogenated alkanes) is 1. The number of nitrogens with zero attached hydrogens (tertiary/aromatic N) is 3. The van der Waals surface area contributed by atoms with E-state index in [2.05, 4.69) is 34.3 Å². The zero-order valence-corrected chi connectivity index (χ0v) is 8.90. The Morgan fingerprint density at radius 3 is 2.86 bits per heavy atom. The highest BCUT2D eigenvalue weighted by atomic mass is 15.0. The second-order valence-corrected chi connectivity index (χ2v) is 3.53. The highest BCUT2D eigenvalue weighted by Crippen LogP contribution is 1.98. The van der Waals surface area contributed by atoms with E-state index >= 15 is 0 Å². The van der Waals surface area contributed by atoms with Crippen LogP contribution in [-0.2, 0) is 0 Å². The summed E-state index contributed by atoms with van der Waals surface area (Å²) in [5.41, 5.74) is 0. The largest absolute Gasteiger partial charge is 0.370 e. The van der Waals surface area contributed by atoms with Crippen molar-refractivity contribution in [1.29, 1.82) is 0 Å². The second-order valence-electron chi connectivity index (χ2n) is 3.53. The number of nitrogens with one attached hydrogen (secondary N) is 1. The van der Waals surface area contributed by atoms with Gasteiger partial charge in [0.2, 0.25) is 0 Å². The second kappa shape index (κ2) is 6.32. The first-order chi connectivity index (χ1) is 6.79. The van der Waals surface area contributed by atoms with Crippen molar-refractivity contribution in [3.8, 4) is 0 Å². The van der Waals surface area contributed by atoms with Crippen LogP contribution in [0.15, 0.2) is 18.6 Å². The molecule has 0 atom stereocenters. The van der Waals surface area contributed by atoms with Crippen molar-refractivity contribution in [3.63, 3.8) is 0 Å². The molecule has 0 radical (unpaired) electrons. The van der Waals surface area contributed by atoms with Gasteiger partial charge in [-0.1, -0.05) is 0 Å². The Balaban J connectivity index is 2.05. The highest BCUT2D eigenvalue weighted by molar-refractivity contribution is 5.30. The summed E-state index contributed by atoms with van der Waals surface area (Å²) in [6.45, 7) is 2.12. The third-order valence-electron chi connectivity index (χ3n) is 1.92. The molecule has 78 valence electrons. The first-order valence-corrected chi connectivity index (χ1v) is 4.93. The van der Waals surface area contributed by atoms with Crippen molar-refractivity contribution in [3.05, 3.63) is 18.6 Å². The Bertz CT molecular complexity index is 235. The van der Waals surface area contributed by atoms with Gasteiger partial charge in [-0.05, 0) is 39.5 Å². The van der Waals surface area contributed by atoms with Gasteiger partial charge in [-0.3, -0.25) is 0 Å². The SMILES string of the molecule is CN(C)CCCCNc1ccncn1. The van der Waals surface area contributed by atoms with Crippen LogP contribution in [0.25, 0.3) is 0 Å². The Hall–Kier alpha value is -1.16. The van der Waals surface area contributed by atoms with Crippen LogP contribution in [-0.4, -0.2) is 42.1 Å². The van der Waals surface area contributed by atoms with Crippen molar-refractivity contribution < 1.29 is 0 Å². The van der Waals surface area contributed by atoms with E-state index in [-0.39, 0.29) is 0 Å². The molecule has 0 fully saturated rings. The quantitative estimate of drug-likeness (QED) is 0.692. The smallest absolute Gasteiger partial charge is 0.129 e. The van der Waals surface area contributed by atoms with Crippen molar-refractivity contribution in [2.45, 2.75) is 12.8 Å². The molecule has 14 heavy (non-hydrogen) atoms. The zero-order chi connectivity index (χ0) is 10.2. The third-order valence-corrected chi connectivity index (χ3v) is 1.92. The molecular formula is C10H18N4. The van der Waals surface area contributed by atoms with Crippen LogP contribution in [0.4, 0.5) is 5.82 Å². The molecule has 1 rings (SSSR count). The molecule has 1 N–H and O–H groups in total. The van der Waals surface area contributed by atoms with E-state index in [9.17, 15) is 0 Å². The Kier molecular flexibility index (Phi) is 4.93. The molecule has 0 unspecified atom stereocenters. The molecule has 0 aliphatic rings. The van der Waals surface area contributed by atoms with Gasteiger partial charge < -0.3 is 10.2 Å². The summed E-state index contributed by atoms with van der Waals surface area (Å²) in [5.74, 6) is 0.907. The Morgan fingerprint density at radius 2 is 2.21 bits per heavy atom. The molecule has 4 heteroatoms. The molecule has 0 aliphatic carbocycles. The van der Waals surface area contributed by atoms with Gasteiger partial charge in [0, 0.05) is 12.7 Å². The molecule has 1 aromatic rings. The number of hydrogen-bond acceptors (Lipinski definition) is 4. The van der Waals surface area contributed by atoms with Gasteiger partial charge in [-0.25, -0.2) is 9.97 Å². The summed E-state index contributed by atoms with van der Waals surface area (Å²) in [6, 6.07) is 1.88. The molecule has 1 heterocycles. The lowest BCUT2D eigenvalue weighted by Crippen LogP contribution is -2.14. The fraction of sp³-hybridized carbons (Fsp3) is 0.600. The van der Waals surface area contributed by atoms with Crippen molar-refractivity contribution in [2.75, 3.05) is 32.5 Å². The summed E-state index contributed by atoms with van der Waals surface area (Å²) >= 11 is 0. The summed E-state index contributed by atoms with van der Waals surface area (Å²) in [7, 11) is 4.19. The predicted octanol–water partition coefficient (Wildman–Crippen LogP) is 1.23. The molecular weight excluding hydrogens is 176 g/mol. The molecule has 4 nitrogen and oxygen atoms in total. The van der Waals surface area contributed by atoms with Gasteiger partial charge >= 0.3 is 0 Å². The zero-order valence-electron chi connectivity index (χ0n) is 8.90. The molecule has 0 bridgehead atoms. The first kappa shape index (κ1) is 10.9. The fourth-order valence-corrected chi connectivity index (χ4v) is 1.16. The predicted molar refractivity (Wildman–Crippen MR) is 58.3 cm³/mol. The van der Waals surface area contributed by atoms with Crippen molar-refractivity contribution in [2.24, 2.45) is 0 Å². The molecule has 0 aliphatic heterocycles. The van der Waals surface area contributed by atoms with E-state index in [0.29, 0.717) is 0 Å². The Labute approximate surface area is 85.4 Å². The van der Waals surface area contributed by atoms with Gasteiger partial charge in [-0.15, -0.1) is 0 Å². The molecule has 0 aromatic carbocycles. The molecule has 0 spiro atoms. The van der Waals surface area contributed by atoms with E-state index in [4.69, 9.17) is 0 Å². The minimum Gasteiger partial charge on any atom is -0.370 e. The summed E-state index contributed by atoms with van der Waals surface area (Å²) in [4.78, 5) is 10.1.